The van der Waals surface area contributed by atoms with Crippen LogP contribution in [-0.2, 0) is 11.3 Å². The molecule has 3 rings (SSSR count). The smallest absolute Gasteiger partial charge is 0.191 e. The maximum absolute atomic E-state index is 5.53. The Bertz CT molecular complexity index is 685. The molecule has 2 aromatic rings. The molecule has 0 amide bonds. The molecule has 1 atom stereocenters. The summed E-state index contributed by atoms with van der Waals surface area (Å²) in [5.74, 6) is 0.835. The molecule has 0 spiro atoms. The van der Waals surface area contributed by atoms with Crippen LogP contribution >= 0.6 is 35.3 Å². The summed E-state index contributed by atoms with van der Waals surface area (Å²) in [4.78, 5) is 6.86. The first kappa shape index (κ1) is 22.1. The zero-order valence-corrected chi connectivity index (χ0v) is 19.1. The van der Waals surface area contributed by atoms with Crippen LogP contribution < -0.4 is 10.6 Å². The van der Waals surface area contributed by atoms with Crippen molar-refractivity contribution in [3.8, 4) is 0 Å². The molecule has 1 fully saturated rings. The minimum atomic E-state index is 0. The molecule has 148 valence electrons. The van der Waals surface area contributed by atoms with Gasteiger partial charge in [-0.05, 0) is 34.9 Å². The number of ether oxygens (including phenoxy) is 1. The highest BCUT2D eigenvalue weighted by Crippen LogP contribution is 2.21. The van der Waals surface area contributed by atoms with E-state index >= 15 is 0 Å². The van der Waals surface area contributed by atoms with Gasteiger partial charge in [0.15, 0.2) is 5.96 Å². The molecule has 1 aromatic carbocycles. The van der Waals surface area contributed by atoms with Crippen LogP contribution in [0.5, 0.6) is 0 Å². The Labute approximate surface area is 183 Å². The summed E-state index contributed by atoms with van der Waals surface area (Å²) < 4.78 is 5.53. The fourth-order valence-corrected chi connectivity index (χ4v) is 3.80. The number of aryl methyl sites for hydroxylation is 1. The van der Waals surface area contributed by atoms with E-state index in [4.69, 9.17) is 4.74 Å². The van der Waals surface area contributed by atoms with Crippen LogP contribution in [0.2, 0.25) is 0 Å². The summed E-state index contributed by atoms with van der Waals surface area (Å²) in [7, 11) is 1.82. The van der Waals surface area contributed by atoms with Gasteiger partial charge in [0.1, 0.15) is 0 Å². The first-order valence-corrected chi connectivity index (χ1v) is 10.0. The molecular weight excluding hydrogens is 471 g/mol. The van der Waals surface area contributed by atoms with E-state index in [1.807, 2.05) is 7.05 Å². The zero-order valence-electron chi connectivity index (χ0n) is 16.0. The Balaban J connectivity index is 0.00000261. The third kappa shape index (κ3) is 6.74. The fraction of sp³-hybridized carbons (Fsp3) is 0.450. The van der Waals surface area contributed by atoms with Gasteiger partial charge in [-0.15, -0.1) is 24.0 Å². The monoisotopic (exact) mass is 500 g/mol. The van der Waals surface area contributed by atoms with Crippen molar-refractivity contribution < 1.29 is 4.74 Å². The highest BCUT2D eigenvalue weighted by atomic mass is 127. The number of aliphatic imine (C=N–C) groups is 1. The summed E-state index contributed by atoms with van der Waals surface area (Å²) >= 11 is 1.72. The Kier molecular flexibility index (Phi) is 9.53. The van der Waals surface area contributed by atoms with Gasteiger partial charge in [-0.3, -0.25) is 9.89 Å². The number of hydrogen-bond acceptors (Lipinski definition) is 4. The van der Waals surface area contributed by atoms with Crippen LogP contribution in [0.1, 0.15) is 22.7 Å². The molecule has 1 saturated heterocycles. The van der Waals surface area contributed by atoms with Crippen molar-refractivity contribution in [2.75, 3.05) is 39.9 Å². The van der Waals surface area contributed by atoms with E-state index in [2.05, 4.69) is 68.5 Å². The van der Waals surface area contributed by atoms with Gasteiger partial charge in [0.05, 0.1) is 19.3 Å². The predicted octanol–water partition coefficient (Wildman–Crippen LogP) is 3.41. The SMILES string of the molecule is CN=C(NCc1ccsc1)NCC(c1ccc(C)cc1)N1CCOCC1.I. The molecule has 0 aliphatic carbocycles. The average Bonchev–Trinajstić information content (AvgIpc) is 3.20. The van der Waals surface area contributed by atoms with Crippen molar-refractivity contribution in [2.45, 2.75) is 19.5 Å². The number of thiophene rings is 1. The lowest BCUT2D eigenvalue weighted by Crippen LogP contribution is -2.46. The summed E-state index contributed by atoms with van der Waals surface area (Å²) in [6.07, 6.45) is 0. The molecule has 0 bridgehead atoms. The molecule has 1 aliphatic heterocycles. The van der Waals surface area contributed by atoms with Crippen molar-refractivity contribution in [1.29, 1.82) is 0 Å². The van der Waals surface area contributed by atoms with Gasteiger partial charge in [-0.1, -0.05) is 29.8 Å². The molecule has 2 N–H and O–H groups in total. The largest absolute Gasteiger partial charge is 0.379 e. The Morgan fingerprint density at radius 2 is 1.93 bits per heavy atom. The lowest BCUT2D eigenvalue weighted by Gasteiger charge is -2.35. The summed E-state index contributed by atoms with van der Waals surface area (Å²) in [5, 5.41) is 11.1. The Morgan fingerprint density at radius 1 is 1.19 bits per heavy atom. The topological polar surface area (TPSA) is 48.9 Å². The molecule has 5 nitrogen and oxygen atoms in total. The molecule has 1 aliphatic rings. The maximum Gasteiger partial charge on any atom is 0.191 e. The van der Waals surface area contributed by atoms with Crippen molar-refractivity contribution in [2.24, 2.45) is 4.99 Å². The van der Waals surface area contributed by atoms with Gasteiger partial charge in [0.2, 0.25) is 0 Å². The van der Waals surface area contributed by atoms with Crippen molar-refractivity contribution in [3.05, 3.63) is 57.8 Å². The predicted molar refractivity (Wildman–Crippen MR) is 124 cm³/mol. The number of morpholine rings is 1. The number of rotatable bonds is 6. The number of nitrogens with zero attached hydrogens (tertiary/aromatic N) is 2. The number of hydrogen-bond donors (Lipinski definition) is 2. The number of guanidine groups is 1. The zero-order chi connectivity index (χ0) is 18.2. The van der Waals surface area contributed by atoms with Gasteiger partial charge >= 0.3 is 0 Å². The van der Waals surface area contributed by atoms with Crippen LogP contribution in [0.4, 0.5) is 0 Å². The van der Waals surface area contributed by atoms with Crippen LogP contribution in [0.15, 0.2) is 46.1 Å². The van der Waals surface area contributed by atoms with Crippen molar-refractivity contribution in [1.82, 2.24) is 15.5 Å². The third-order valence-corrected chi connectivity index (χ3v) is 5.41. The molecule has 1 aromatic heterocycles. The number of halogens is 1. The van der Waals surface area contributed by atoms with E-state index in [0.29, 0.717) is 6.04 Å². The van der Waals surface area contributed by atoms with Crippen LogP contribution in [-0.4, -0.2) is 50.8 Å². The lowest BCUT2D eigenvalue weighted by atomic mass is 10.0. The standard InChI is InChI=1S/C20H28N4OS.HI/c1-16-3-5-18(6-4-16)19(24-8-10-25-11-9-24)14-23-20(21-2)22-13-17-7-12-26-15-17;/h3-7,12,15,19H,8-11,13-14H2,1-2H3,(H2,21,22,23);1H. The molecule has 7 heteroatoms. The van der Waals surface area contributed by atoms with E-state index in [0.717, 1.165) is 45.4 Å². The highest BCUT2D eigenvalue weighted by molar-refractivity contribution is 14.0. The van der Waals surface area contributed by atoms with Crippen LogP contribution in [0, 0.1) is 6.92 Å². The van der Waals surface area contributed by atoms with Gasteiger partial charge in [-0.2, -0.15) is 11.3 Å². The molecule has 0 saturated carbocycles. The molecule has 0 radical (unpaired) electrons. The highest BCUT2D eigenvalue weighted by Gasteiger charge is 2.22. The number of benzene rings is 1. The maximum atomic E-state index is 5.53. The van der Waals surface area contributed by atoms with E-state index in [-0.39, 0.29) is 24.0 Å². The first-order chi connectivity index (χ1) is 12.8. The Hall–Kier alpha value is -1.16. The summed E-state index contributed by atoms with van der Waals surface area (Å²) in [6, 6.07) is 11.3. The summed E-state index contributed by atoms with van der Waals surface area (Å²) in [6.45, 7) is 7.24. The third-order valence-electron chi connectivity index (χ3n) is 4.68. The van der Waals surface area contributed by atoms with E-state index < -0.39 is 0 Å². The first-order valence-electron chi connectivity index (χ1n) is 9.10. The normalized spacial score (nSPS) is 16.4. The minimum absolute atomic E-state index is 0. The minimum Gasteiger partial charge on any atom is -0.379 e. The van der Waals surface area contributed by atoms with Gasteiger partial charge in [0.25, 0.3) is 0 Å². The average molecular weight is 500 g/mol. The second-order valence-corrected chi connectivity index (χ2v) is 7.29. The van der Waals surface area contributed by atoms with Crippen molar-refractivity contribution >= 4 is 41.3 Å². The number of nitrogens with one attached hydrogen (secondary N) is 2. The van der Waals surface area contributed by atoms with Gasteiger partial charge < -0.3 is 15.4 Å². The molecule has 2 heterocycles. The molecule has 1 unspecified atom stereocenters. The van der Waals surface area contributed by atoms with E-state index in [1.165, 1.54) is 16.7 Å². The second kappa shape index (κ2) is 11.6. The Morgan fingerprint density at radius 3 is 2.56 bits per heavy atom. The van der Waals surface area contributed by atoms with Crippen LogP contribution in [0.3, 0.4) is 0 Å². The van der Waals surface area contributed by atoms with E-state index in [9.17, 15) is 0 Å². The van der Waals surface area contributed by atoms with Crippen LogP contribution in [0.25, 0.3) is 0 Å². The fourth-order valence-electron chi connectivity index (χ4n) is 3.13. The van der Waals surface area contributed by atoms with E-state index in [1.54, 1.807) is 11.3 Å². The second-order valence-electron chi connectivity index (χ2n) is 6.51. The van der Waals surface area contributed by atoms with Crippen molar-refractivity contribution in [3.63, 3.8) is 0 Å². The van der Waals surface area contributed by atoms with Gasteiger partial charge in [-0.25, -0.2) is 0 Å². The molecular formula is C20H29IN4OS. The quantitative estimate of drug-likeness (QED) is 0.363. The lowest BCUT2D eigenvalue weighted by molar-refractivity contribution is 0.0170. The summed E-state index contributed by atoms with van der Waals surface area (Å²) in [5.41, 5.74) is 3.90. The molecule has 27 heavy (non-hydrogen) atoms. The van der Waals surface area contributed by atoms with Gasteiger partial charge in [0, 0.05) is 33.2 Å².